The van der Waals surface area contributed by atoms with Crippen molar-refractivity contribution in [3.05, 3.63) is 30.1 Å². The minimum absolute atomic E-state index is 0.350. The van der Waals surface area contributed by atoms with E-state index in [0.717, 1.165) is 13.2 Å². The Bertz CT molecular complexity index is 283. The largest absolute Gasteiger partial charge is 0.377 e. The van der Waals surface area contributed by atoms with Gasteiger partial charge in [0.1, 0.15) is 0 Å². The Morgan fingerprint density at radius 3 is 3.27 bits per heavy atom. The van der Waals surface area contributed by atoms with Gasteiger partial charge in [0.2, 0.25) is 0 Å². The van der Waals surface area contributed by atoms with Crippen molar-refractivity contribution in [2.45, 2.75) is 31.9 Å². The van der Waals surface area contributed by atoms with E-state index in [4.69, 9.17) is 4.74 Å². The van der Waals surface area contributed by atoms with Crippen molar-refractivity contribution in [2.24, 2.45) is 0 Å². The molecule has 3 nitrogen and oxygen atoms in total. The third-order valence-corrected chi connectivity index (χ3v) is 2.86. The molecule has 1 fully saturated rings. The van der Waals surface area contributed by atoms with Gasteiger partial charge in [0.15, 0.2) is 0 Å². The highest BCUT2D eigenvalue weighted by Crippen LogP contribution is 2.14. The molecule has 2 rings (SSSR count). The summed E-state index contributed by atoms with van der Waals surface area (Å²) in [6.45, 7) is 4.02. The second kappa shape index (κ2) is 5.24. The average molecular weight is 206 g/mol. The lowest BCUT2D eigenvalue weighted by Crippen LogP contribution is -2.28. The molecule has 0 aromatic carbocycles. The first-order chi connectivity index (χ1) is 7.36. The summed E-state index contributed by atoms with van der Waals surface area (Å²) >= 11 is 0. The molecule has 1 saturated heterocycles. The summed E-state index contributed by atoms with van der Waals surface area (Å²) in [6, 6.07) is 4.42. The Hall–Kier alpha value is -0.930. The van der Waals surface area contributed by atoms with Crippen LogP contribution in [0.2, 0.25) is 0 Å². The molecule has 1 aromatic heterocycles. The molecule has 0 bridgehead atoms. The Labute approximate surface area is 90.9 Å². The number of nitrogens with one attached hydrogen (secondary N) is 1. The summed E-state index contributed by atoms with van der Waals surface area (Å²) in [5.74, 6) is 0. The van der Waals surface area contributed by atoms with Crippen LogP contribution < -0.4 is 5.32 Å². The minimum atomic E-state index is 0.350. The monoisotopic (exact) mass is 206 g/mol. The van der Waals surface area contributed by atoms with Crippen LogP contribution in [0.4, 0.5) is 0 Å². The van der Waals surface area contributed by atoms with E-state index in [-0.39, 0.29) is 0 Å². The van der Waals surface area contributed by atoms with E-state index in [9.17, 15) is 0 Å². The van der Waals surface area contributed by atoms with Crippen molar-refractivity contribution >= 4 is 0 Å². The van der Waals surface area contributed by atoms with Crippen LogP contribution in [0.25, 0.3) is 0 Å². The number of rotatable bonds is 4. The number of ether oxygens (including phenoxy) is 1. The van der Waals surface area contributed by atoms with Crippen LogP contribution in [0.5, 0.6) is 0 Å². The Kier molecular flexibility index (Phi) is 3.69. The lowest BCUT2D eigenvalue weighted by molar-refractivity contribution is 0.108. The quantitative estimate of drug-likeness (QED) is 0.817. The normalized spacial score (nSPS) is 22.9. The highest BCUT2D eigenvalue weighted by Gasteiger charge is 2.16. The maximum Gasteiger partial charge on any atom is 0.0700 e. The molecule has 15 heavy (non-hydrogen) atoms. The van der Waals surface area contributed by atoms with Crippen LogP contribution >= 0.6 is 0 Å². The molecule has 0 saturated carbocycles. The molecule has 1 N–H and O–H groups in total. The summed E-state index contributed by atoms with van der Waals surface area (Å²) in [5, 5.41) is 3.48. The van der Waals surface area contributed by atoms with Gasteiger partial charge in [0.05, 0.1) is 6.10 Å². The van der Waals surface area contributed by atoms with Gasteiger partial charge >= 0.3 is 0 Å². The molecule has 0 spiro atoms. The van der Waals surface area contributed by atoms with Gasteiger partial charge in [-0.15, -0.1) is 0 Å². The summed E-state index contributed by atoms with van der Waals surface area (Å²) in [4.78, 5) is 4.11. The maximum atomic E-state index is 5.56. The number of hydrogen-bond acceptors (Lipinski definition) is 3. The molecule has 1 aliphatic heterocycles. The molecule has 0 aliphatic carbocycles. The number of hydrogen-bond donors (Lipinski definition) is 1. The van der Waals surface area contributed by atoms with E-state index < -0.39 is 0 Å². The van der Waals surface area contributed by atoms with E-state index in [0.29, 0.717) is 12.1 Å². The third-order valence-electron chi connectivity index (χ3n) is 2.86. The zero-order chi connectivity index (χ0) is 10.5. The van der Waals surface area contributed by atoms with Crippen molar-refractivity contribution in [2.75, 3.05) is 13.2 Å². The van der Waals surface area contributed by atoms with Gasteiger partial charge in [0, 0.05) is 31.6 Å². The van der Waals surface area contributed by atoms with Gasteiger partial charge in [-0.05, 0) is 31.4 Å². The fraction of sp³-hybridized carbons (Fsp3) is 0.583. The van der Waals surface area contributed by atoms with Crippen molar-refractivity contribution in [3.8, 4) is 0 Å². The summed E-state index contributed by atoms with van der Waals surface area (Å²) in [6.07, 6.45) is 6.51. The second-order valence-corrected chi connectivity index (χ2v) is 4.05. The first-order valence-corrected chi connectivity index (χ1v) is 5.61. The SMILES string of the molecule is CC(NCC1CCCO1)c1cccnc1. The molecule has 2 heterocycles. The van der Waals surface area contributed by atoms with E-state index >= 15 is 0 Å². The van der Waals surface area contributed by atoms with Crippen molar-refractivity contribution in [3.63, 3.8) is 0 Å². The van der Waals surface area contributed by atoms with Crippen molar-refractivity contribution in [1.29, 1.82) is 0 Å². The summed E-state index contributed by atoms with van der Waals surface area (Å²) in [7, 11) is 0. The van der Waals surface area contributed by atoms with Gasteiger partial charge in [-0.25, -0.2) is 0 Å². The van der Waals surface area contributed by atoms with Crippen LogP contribution in [-0.4, -0.2) is 24.2 Å². The lowest BCUT2D eigenvalue weighted by atomic mass is 10.1. The number of aromatic nitrogens is 1. The smallest absolute Gasteiger partial charge is 0.0700 e. The van der Waals surface area contributed by atoms with Crippen LogP contribution in [0, 0.1) is 0 Å². The zero-order valence-electron chi connectivity index (χ0n) is 9.15. The first kappa shape index (κ1) is 10.6. The Balaban J connectivity index is 1.79. The zero-order valence-corrected chi connectivity index (χ0v) is 9.15. The van der Waals surface area contributed by atoms with Gasteiger partial charge in [0.25, 0.3) is 0 Å². The lowest BCUT2D eigenvalue weighted by Gasteiger charge is -2.16. The highest BCUT2D eigenvalue weighted by atomic mass is 16.5. The molecular formula is C12H18N2O. The first-order valence-electron chi connectivity index (χ1n) is 5.61. The number of pyridine rings is 1. The predicted octanol–water partition coefficient (Wildman–Crippen LogP) is 1.91. The van der Waals surface area contributed by atoms with Crippen LogP contribution in [0.3, 0.4) is 0 Å². The molecule has 1 aliphatic rings. The number of nitrogens with zero attached hydrogens (tertiary/aromatic N) is 1. The van der Waals surface area contributed by atoms with Crippen LogP contribution in [-0.2, 0) is 4.74 Å². The second-order valence-electron chi connectivity index (χ2n) is 4.05. The van der Waals surface area contributed by atoms with Gasteiger partial charge in [-0.3, -0.25) is 4.98 Å². The molecule has 0 amide bonds. The van der Waals surface area contributed by atoms with Gasteiger partial charge < -0.3 is 10.1 Å². The van der Waals surface area contributed by atoms with E-state index in [1.54, 1.807) is 6.20 Å². The van der Waals surface area contributed by atoms with Crippen molar-refractivity contribution in [1.82, 2.24) is 10.3 Å². The predicted molar refractivity (Wildman–Crippen MR) is 59.6 cm³/mol. The molecule has 3 heteroatoms. The van der Waals surface area contributed by atoms with Crippen LogP contribution in [0.1, 0.15) is 31.4 Å². The summed E-state index contributed by atoms with van der Waals surface area (Å²) in [5.41, 5.74) is 1.23. The van der Waals surface area contributed by atoms with Crippen LogP contribution in [0.15, 0.2) is 24.5 Å². The topological polar surface area (TPSA) is 34.1 Å². The standard InChI is InChI=1S/C12H18N2O/c1-10(11-4-2-6-13-8-11)14-9-12-5-3-7-15-12/h2,4,6,8,10,12,14H,3,5,7,9H2,1H3. The van der Waals surface area contributed by atoms with Crippen molar-refractivity contribution < 1.29 is 4.74 Å². The maximum absolute atomic E-state index is 5.56. The third kappa shape index (κ3) is 3.01. The fourth-order valence-electron chi connectivity index (χ4n) is 1.86. The molecule has 1 aromatic rings. The van der Waals surface area contributed by atoms with E-state index in [1.165, 1.54) is 18.4 Å². The molecular weight excluding hydrogens is 188 g/mol. The average Bonchev–Trinajstić information content (AvgIpc) is 2.80. The van der Waals surface area contributed by atoms with E-state index in [2.05, 4.69) is 23.3 Å². The molecule has 2 unspecified atom stereocenters. The van der Waals surface area contributed by atoms with E-state index in [1.807, 2.05) is 12.3 Å². The minimum Gasteiger partial charge on any atom is -0.377 e. The molecule has 82 valence electrons. The highest BCUT2D eigenvalue weighted by molar-refractivity contribution is 5.12. The Morgan fingerprint density at radius 2 is 2.60 bits per heavy atom. The van der Waals surface area contributed by atoms with Gasteiger partial charge in [-0.1, -0.05) is 6.07 Å². The summed E-state index contributed by atoms with van der Waals surface area (Å²) < 4.78 is 5.56. The Morgan fingerprint density at radius 1 is 1.67 bits per heavy atom. The molecule has 0 radical (unpaired) electrons. The fourth-order valence-corrected chi connectivity index (χ4v) is 1.86. The van der Waals surface area contributed by atoms with Gasteiger partial charge in [-0.2, -0.15) is 0 Å². The molecule has 2 atom stereocenters.